The van der Waals surface area contributed by atoms with E-state index in [-0.39, 0.29) is 25.7 Å². The molecular formula is C89H148O17P2. The van der Waals surface area contributed by atoms with Crippen LogP contribution in [0.2, 0.25) is 0 Å². The summed E-state index contributed by atoms with van der Waals surface area (Å²) in [6, 6.07) is 0. The number of unbranched alkanes of at least 4 members (excludes halogenated alkanes) is 25. The molecule has 0 aliphatic carbocycles. The van der Waals surface area contributed by atoms with Gasteiger partial charge in [0.25, 0.3) is 0 Å². The van der Waals surface area contributed by atoms with Crippen LogP contribution < -0.4 is 0 Å². The van der Waals surface area contributed by atoms with E-state index in [2.05, 4.69) is 186 Å². The number of phosphoric ester groups is 2. The highest BCUT2D eigenvalue weighted by molar-refractivity contribution is 7.47. The molecule has 0 saturated carbocycles. The van der Waals surface area contributed by atoms with Crippen LogP contribution in [0.4, 0.5) is 0 Å². The van der Waals surface area contributed by atoms with Gasteiger partial charge < -0.3 is 33.8 Å². The number of ether oxygens (including phenoxy) is 4. The van der Waals surface area contributed by atoms with Crippen LogP contribution in [0.1, 0.15) is 323 Å². The molecule has 0 aliphatic heterocycles. The molecule has 17 nitrogen and oxygen atoms in total. The minimum Gasteiger partial charge on any atom is -0.462 e. The molecule has 0 aromatic heterocycles. The third-order valence-corrected chi connectivity index (χ3v) is 18.9. The van der Waals surface area contributed by atoms with Gasteiger partial charge in [-0.3, -0.25) is 37.3 Å². The van der Waals surface area contributed by atoms with Crippen molar-refractivity contribution >= 4 is 39.5 Å². The molecule has 108 heavy (non-hydrogen) atoms. The summed E-state index contributed by atoms with van der Waals surface area (Å²) >= 11 is 0. The number of carbonyl (C=O) groups excluding carboxylic acids is 4. The first-order chi connectivity index (χ1) is 52.7. The molecule has 19 heteroatoms. The minimum atomic E-state index is -5.00. The fourth-order valence-electron chi connectivity index (χ4n) is 10.7. The molecule has 0 spiro atoms. The SMILES string of the molecule is CC/C=C\C/C=C\C/C=C\C/C=C\CCCCCCCCC(=O)OCC(COP(=O)(O)OCC(O)COP(=O)(O)OCC(COC(=O)CCCCCCCC/C=C\C/C=C\C/C=C\C/C=C\CC)OC(=O)CCCCCCCC/C=C\C/C=C\C/C=C\C/C=C\CC)OC(=O)CCCCCCC/C=C\CCCC. The van der Waals surface area contributed by atoms with Crippen LogP contribution in [0.15, 0.2) is 158 Å². The molecule has 5 unspecified atom stereocenters. The van der Waals surface area contributed by atoms with Crippen LogP contribution in [-0.4, -0.2) is 96.7 Å². The lowest BCUT2D eigenvalue weighted by Crippen LogP contribution is -2.30. The van der Waals surface area contributed by atoms with Gasteiger partial charge in [0.05, 0.1) is 26.4 Å². The van der Waals surface area contributed by atoms with E-state index in [9.17, 15) is 43.2 Å². The van der Waals surface area contributed by atoms with Crippen molar-refractivity contribution in [2.45, 2.75) is 341 Å². The van der Waals surface area contributed by atoms with Crippen LogP contribution in [0.25, 0.3) is 0 Å². The molecule has 0 heterocycles. The van der Waals surface area contributed by atoms with Gasteiger partial charge in [-0.05, 0) is 161 Å². The van der Waals surface area contributed by atoms with E-state index in [1.807, 2.05) is 0 Å². The minimum absolute atomic E-state index is 0.0703. The fourth-order valence-corrected chi connectivity index (χ4v) is 12.3. The van der Waals surface area contributed by atoms with E-state index in [1.165, 1.54) is 12.8 Å². The van der Waals surface area contributed by atoms with Crippen LogP contribution in [0, 0.1) is 0 Å². The highest BCUT2D eigenvalue weighted by Gasteiger charge is 2.30. The Morgan fingerprint density at radius 3 is 0.750 bits per heavy atom. The van der Waals surface area contributed by atoms with Gasteiger partial charge in [-0.2, -0.15) is 0 Å². The lowest BCUT2D eigenvalue weighted by molar-refractivity contribution is -0.161. The number of aliphatic hydroxyl groups is 1. The van der Waals surface area contributed by atoms with Gasteiger partial charge >= 0.3 is 39.5 Å². The Morgan fingerprint density at radius 2 is 0.481 bits per heavy atom. The Hall–Kier alpha value is -5.32. The maximum absolute atomic E-state index is 13.1. The molecule has 0 aromatic rings. The lowest BCUT2D eigenvalue weighted by atomic mass is 10.1. The highest BCUT2D eigenvalue weighted by atomic mass is 31.2. The number of hydrogen-bond donors (Lipinski definition) is 3. The van der Waals surface area contributed by atoms with Gasteiger partial charge in [-0.25, -0.2) is 9.13 Å². The molecule has 0 radical (unpaired) electrons. The van der Waals surface area contributed by atoms with Gasteiger partial charge in [0.15, 0.2) is 12.2 Å². The van der Waals surface area contributed by atoms with Gasteiger partial charge in [-0.1, -0.05) is 295 Å². The maximum Gasteiger partial charge on any atom is 0.472 e. The zero-order valence-corrected chi connectivity index (χ0v) is 69.3. The molecule has 0 aromatic carbocycles. The number of aliphatic hydroxyl groups excluding tert-OH is 1. The Bertz CT molecular complexity index is 2660. The average Bonchev–Trinajstić information content (AvgIpc) is 0.899. The van der Waals surface area contributed by atoms with Crippen molar-refractivity contribution in [2.24, 2.45) is 0 Å². The number of allylic oxidation sites excluding steroid dienone is 26. The molecule has 0 aliphatic rings. The summed E-state index contributed by atoms with van der Waals surface area (Å²) in [5, 5.41) is 10.7. The van der Waals surface area contributed by atoms with E-state index in [0.717, 1.165) is 231 Å². The van der Waals surface area contributed by atoms with Gasteiger partial charge in [0, 0.05) is 25.7 Å². The van der Waals surface area contributed by atoms with Crippen molar-refractivity contribution in [3.8, 4) is 0 Å². The smallest absolute Gasteiger partial charge is 0.462 e. The summed E-state index contributed by atoms with van der Waals surface area (Å²) in [6.07, 6.45) is 93.5. The molecule has 0 bridgehead atoms. The van der Waals surface area contributed by atoms with Crippen LogP contribution in [0.3, 0.4) is 0 Å². The molecule has 5 atom stereocenters. The molecular weight excluding hydrogens is 1400 g/mol. The van der Waals surface area contributed by atoms with E-state index >= 15 is 0 Å². The average molecular weight is 1550 g/mol. The Labute approximate surface area is 655 Å². The predicted molar refractivity (Wildman–Crippen MR) is 445 cm³/mol. The molecule has 616 valence electrons. The topological polar surface area (TPSA) is 237 Å². The van der Waals surface area contributed by atoms with Crippen LogP contribution in [-0.2, 0) is 65.4 Å². The van der Waals surface area contributed by atoms with E-state index < -0.39 is 97.5 Å². The number of rotatable bonds is 77. The third-order valence-electron chi connectivity index (χ3n) is 17.0. The van der Waals surface area contributed by atoms with Crippen molar-refractivity contribution in [1.29, 1.82) is 0 Å². The molecule has 0 fully saturated rings. The molecule has 0 amide bonds. The zero-order valence-electron chi connectivity index (χ0n) is 67.5. The summed E-state index contributed by atoms with van der Waals surface area (Å²) < 4.78 is 68.7. The third kappa shape index (κ3) is 78.8. The normalized spacial score (nSPS) is 14.6. The van der Waals surface area contributed by atoms with E-state index in [4.69, 9.17) is 37.0 Å². The van der Waals surface area contributed by atoms with Crippen LogP contribution >= 0.6 is 15.6 Å². The van der Waals surface area contributed by atoms with Crippen molar-refractivity contribution in [3.05, 3.63) is 158 Å². The largest absolute Gasteiger partial charge is 0.472 e. The second-order valence-electron chi connectivity index (χ2n) is 27.3. The van der Waals surface area contributed by atoms with E-state index in [0.29, 0.717) is 25.7 Å². The second kappa shape index (κ2) is 79.8. The van der Waals surface area contributed by atoms with Crippen molar-refractivity contribution in [2.75, 3.05) is 39.6 Å². The van der Waals surface area contributed by atoms with Gasteiger partial charge in [0.1, 0.15) is 19.3 Å². The first-order valence-corrected chi connectivity index (χ1v) is 44.7. The summed E-state index contributed by atoms with van der Waals surface area (Å²) in [4.78, 5) is 73.2. The maximum atomic E-state index is 13.1. The highest BCUT2D eigenvalue weighted by Crippen LogP contribution is 2.45. The summed E-state index contributed by atoms with van der Waals surface area (Å²) in [7, 11) is -9.98. The number of esters is 4. The monoisotopic (exact) mass is 1550 g/mol. The summed E-state index contributed by atoms with van der Waals surface area (Å²) in [5.74, 6) is -2.23. The standard InChI is InChI=1S/C89H148O17P2/c1-5-9-13-17-21-25-29-32-35-38-41-44-47-50-54-57-61-65-69-73-86(91)99-79-84(105-88(93)75-71-67-63-59-53-28-24-20-16-12-8-4)81-103-107(95,96)101-77-83(90)78-102-108(97,98)104-82-85(106-89(94)76-72-68-64-60-56-52-49-46-43-40-37-34-31-27-23-19-15-11-7-3)80-100-87(92)74-70-66-62-58-55-51-48-45-42-39-36-33-30-26-22-18-14-10-6-2/h9-11,13-15,20-27,32-37,41-46,83-85,90H,5-8,12,16-19,28-31,38-40,47-82H2,1-4H3,(H,95,96)(H,97,98)/b13-9-,14-10-,15-11-,24-20-,25-21-,26-22-,27-23-,35-32-,36-33-,37-34-,44-41-,45-42-,46-43-. The van der Waals surface area contributed by atoms with Crippen molar-refractivity contribution in [1.82, 2.24) is 0 Å². The van der Waals surface area contributed by atoms with Gasteiger partial charge in [0.2, 0.25) is 0 Å². The van der Waals surface area contributed by atoms with E-state index in [1.54, 1.807) is 0 Å². The first kappa shape index (κ1) is 103. The molecule has 3 N–H and O–H groups in total. The number of phosphoric acid groups is 2. The van der Waals surface area contributed by atoms with Crippen molar-refractivity contribution in [3.63, 3.8) is 0 Å². The predicted octanol–water partition coefficient (Wildman–Crippen LogP) is 24.8. The summed E-state index contributed by atoms with van der Waals surface area (Å²) in [5.41, 5.74) is 0. The first-order valence-electron chi connectivity index (χ1n) is 41.7. The van der Waals surface area contributed by atoms with Crippen LogP contribution in [0.5, 0.6) is 0 Å². The van der Waals surface area contributed by atoms with Gasteiger partial charge in [-0.15, -0.1) is 0 Å². The summed E-state index contributed by atoms with van der Waals surface area (Å²) in [6.45, 7) is 4.45. The number of hydrogen-bond acceptors (Lipinski definition) is 15. The quantitative estimate of drug-likeness (QED) is 0.0169. The second-order valence-corrected chi connectivity index (χ2v) is 30.2. The molecule has 0 rings (SSSR count). The Morgan fingerprint density at radius 1 is 0.269 bits per heavy atom. The number of carbonyl (C=O) groups is 4. The Balaban J connectivity index is 5.38. The Kier molecular flexibility index (Phi) is 75.8. The zero-order chi connectivity index (χ0) is 78.9. The van der Waals surface area contributed by atoms with Crippen molar-refractivity contribution < 1.29 is 80.2 Å². The fraction of sp³-hybridized carbons (Fsp3) is 0.663. The molecule has 0 saturated heterocycles. The lowest BCUT2D eigenvalue weighted by Gasteiger charge is -2.21.